The quantitative estimate of drug-likeness (QED) is 0.379. The van der Waals surface area contributed by atoms with Gasteiger partial charge in [-0.25, -0.2) is 13.1 Å². The van der Waals surface area contributed by atoms with Crippen LogP contribution in [-0.4, -0.2) is 56.1 Å². The van der Waals surface area contributed by atoms with Crippen LogP contribution >= 0.6 is 0 Å². The molecule has 3 aromatic heterocycles. The molecule has 1 saturated heterocycles. The fourth-order valence-corrected chi connectivity index (χ4v) is 6.77. The summed E-state index contributed by atoms with van der Waals surface area (Å²) in [4.78, 5) is 18.4. The van der Waals surface area contributed by atoms with Crippen LogP contribution in [0.1, 0.15) is 33.7 Å². The van der Waals surface area contributed by atoms with E-state index < -0.39 is 15.4 Å². The van der Waals surface area contributed by atoms with E-state index in [4.69, 9.17) is 0 Å². The minimum absolute atomic E-state index is 0.0162. The maximum atomic E-state index is 14.1. The Balaban J connectivity index is 1.45. The number of nitrogens with zero attached hydrogens (tertiary/aromatic N) is 6. The van der Waals surface area contributed by atoms with Gasteiger partial charge in [0.15, 0.2) is 10.8 Å². The van der Waals surface area contributed by atoms with Crippen LogP contribution in [0.2, 0.25) is 0 Å². The zero-order chi connectivity index (χ0) is 25.8. The second kappa shape index (κ2) is 8.60. The van der Waals surface area contributed by atoms with Crippen molar-refractivity contribution in [2.75, 3.05) is 13.1 Å². The number of aryl methyl sites for hydroxylation is 2. The average Bonchev–Trinajstić information content (AvgIpc) is 3.53. The van der Waals surface area contributed by atoms with Crippen molar-refractivity contribution in [2.45, 2.75) is 24.8 Å². The van der Waals surface area contributed by atoms with Crippen molar-refractivity contribution in [3.05, 3.63) is 95.2 Å². The molecule has 9 nitrogen and oxygen atoms in total. The summed E-state index contributed by atoms with van der Waals surface area (Å²) in [6.07, 6.45) is 7.75. The van der Waals surface area contributed by atoms with Gasteiger partial charge in [-0.3, -0.25) is 14.5 Å². The highest BCUT2D eigenvalue weighted by Gasteiger charge is 2.51. The van der Waals surface area contributed by atoms with Crippen LogP contribution in [0.4, 0.5) is 0 Å². The molecule has 0 radical (unpaired) electrons. The Labute approximate surface area is 215 Å². The van der Waals surface area contributed by atoms with E-state index in [1.807, 2.05) is 41.9 Å². The summed E-state index contributed by atoms with van der Waals surface area (Å²) in [5.74, 6) is -0.186. The van der Waals surface area contributed by atoms with Gasteiger partial charge < -0.3 is 0 Å². The molecule has 2 aliphatic rings. The number of carbonyl (C=O) groups is 1. The van der Waals surface area contributed by atoms with Crippen LogP contribution in [0.25, 0.3) is 11.8 Å². The van der Waals surface area contributed by atoms with E-state index in [-0.39, 0.29) is 23.9 Å². The van der Waals surface area contributed by atoms with Gasteiger partial charge in [0.25, 0.3) is 10.0 Å². The lowest BCUT2D eigenvalue weighted by atomic mass is 9.65. The normalized spacial score (nSPS) is 19.7. The zero-order valence-corrected chi connectivity index (χ0v) is 21.4. The van der Waals surface area contributed by atoms with Gasteiger partial charge >= 0.3 is 0 Å². The van der Waals surface area contributed by atoms with Gasteiger partial charge in [-0.2, -0.15) is 14.5 Å². The summed E-state index contributed by atoms with van der Waals surface area (Å²) in [5, 5.41) is 8.74. The van der Waals surface area contributed by atoms with Crippen LogP contribution in [0.5, 0.6) is 0 Å². The Hall–Kier alpha value is -3.89. The molecule has 0 unspecified atom stereocenters. The molecule has 1 aromatic carbocycles. The predicted molar refractivity (Wildman–Crippen MR) is 138 cm³/mol. The maximum absolute atomic E-state index is 14.1. The maximum Gasteiger partial charge on any atom is 0.262 e. The number of rotatable bonds is 5. The SMILES string of the molecule is Cc1ccc(-n2ncc3c2C=C2CCN(S(=O)(=O)c4ccn(C)n4)C[C@@]2(C(=O)c2ccccn2)C3)cc1. The van der Waals surface area contributed by atoms with E-state index in [9.17, 15) is 13.2 Å². The number of ketones is 1. The first kappa shape index (κ1) is 23.5. The third kappa shape index (κ3) is 3.84. The monoisotopic (exact) mass is 514 g/mol. The number of piperidine rings is 1. The molecule has 0 N–H and O–H groups in total. The second-order valence-corrected chi connectivity index (χ2v) is 11.6. The molecular formula is C27H26N6O3S. The van der Waals surface area contributed by atoms with Crippen molar-refractivity contribution in [3.8, 4) is 5.69 Å². The molecule has 0 saturated carbocycles. The van der Waals surface area contributed by atoms with Gasteiger partial charge in [0.2, 0.25) is 0 Å². The van der Waals surface area contributed by atoms with Crippen molar-refractivity contribution in [3.63, 3.8) is 0 Å². The Morgan fingerprint density at radius 3 is 2.59 bits per heavy atom. The third-order valence-electron chi connectivity index (χ3n) is 7.28. The average molecular weight is 515 g/mol. The highest BCUT2D eigenvalue weighted by molar-refractivity contribution is 7.89. The van der Waals surface area contributed by atoms with E-state index in [1.54, 1.807) is 43.8 Å². The van der Waals surface area contributed by atoms with Crippen LogP contribution in [0.15, 0.2) is 77.7 Å². The van der Waals surface area contributed by atoms with Gasteiger partial charge in [-0.15, -0.1) is 0 Å². The number of hydrogen-bond donors (Lipinski definition) is 0. The van der Waals surface area contributed by atoms with Gasteiger partial charge in [-0.1, -0.05) is 29.3 Å². The number of hydrogen-bond acceptors (Lipinski definition) is 6. The van der Waals surface area contributed by atoms with Crippen molar-refractivity contribution in [1.82, 2.24) is 28.9 Å². The Morgan fingerprint density at radius 2 is 1.89 bits per heavy atom. The topological polar surface area (TPSA) is 103 Å². The number of carbonyl (C=O) groups excluding carboxylic acids is 1. The fraction of sp³-hybridized carbons (Fsp3) is 0.259. The Morgan fingerprint density at radius 1 is 1.08 bits per heavy atom. The molecule has 4 aromatic rings. The molecule has 0 amide bonds. The summed E-state index contributed by atoms with van der Waals surface area (Å²) in [5.41, 5.74) is 4.04. The summed E-state index contributed by atoms with van der Waals surface area (Å²) in [6.45, 7) is 2.31. The summed E-state index contributed by atoms with van der Waals surface area (Å²) >= 11 is 0. The molecular weight excluding hydrogens is 488 g/mol. The highest BCUT2D eigenvalue weighted by Crippen LogP contribution is 2.47. The minimum atomic E-state index is -3.88. The van der Waals surface area contributed by atoms with Crippen LogP contribution in [0, 0.1) is 12.3 Å². The molecule has 0 spiro atoms. The molecule has 1 atom stereocenters. The molecule has 4 heterocycles. The Bertz CT molecular complexity index is 1640. The molecule has 0 bridgehead atoms. The first-order valence-corrected chi connectivity index (χ1v) is 13.5. The van der Waals surface area contributed by atoms with Crippen molar-refractivity contribution in [1.29, 1.82) is 0 Å². The molecule has 1 aliphatic carbocycles. The fourth-order valence-electron chi connectivity index (χ4n) is 5.32. The minimum Gasteiger partial charge on any atom is -0.291 e. The second-order valence-electron chi connectivity index (χ2n) is 9.69. The van der Waals surface area contributed by atoms with Gasteiger partial charge in [-0.05, 0) is 61.7 Å². The first-order chi connectivity index (χ1) is 17.8. The largest absolute Gasteiger partial charge is 0.291 e. The molecule has 1 aliphatic heterocycles. The van der Waals surface area contributed by atoms with Gasteiger partial charge in [0, 0.05) is 32.5 Å². The number of benzene rings is 1. The lowest BCUT2D eigenvalue weighted by molar-refractivity contribution is 0.0770. The summed E-state index contributed by atoms with van der Waals surface area (Å²) < 4.78 is 31.8. The van der Waals surface area contributed by atoms with Gasteiger partial charge in [0.1, 0.15) is 5.69 Å². The van der Waals surface area contributed by atoms with Crippen molar-refractivity contribution in [2.24, 2.45) is 12.5 Å². The standard InChI is InChI=1S/C27H26N6O3S/c1-19-6-8-22(9-7-19)33-24-15-21-10-14-32(37(35,36)25-11-13-31(2)30-25)18-27(21,16-20(24)17-29-33)26(34)23-5-3-4-12-28-23/h3-9,11-13,15,17H,10,14,16,18H2,1-2H3/t27-/m0/s1. The van der Waals surface area contributed by atoms with Crippen LogP contribution in [0.3, 0.4) is 0 Å². The van der Waals surface area contributed by atoms with Crippen LogP contribution in [-0.2, 0) is 23.5 Å². The van der Waals surface area contributed by atoms with E-state index >= 15 is 0 Å². The highest BCUT2D eigenvalue weighted by atomic mass is 32.2. The molecule has 188 valence electrons. The number of fused-ring (bicyclic) bond motifs is 2. The lowest BCUT2D eigenvalue weighted by Gasteiger charge is -2.44. The lowest BCUT2D eigenvalue weighted by Crippen LogP contribution is -2.53. The van der Waals surface area contributed by atoms with E-state index in [2.05, 4.69) is 15.2 Å². The predicted octanol–water partition coefficient (Wildman–Crippen LogP) is 3.21. The molecule has 6 rings (SSSR count). The van der Waals surface area contributed by atoms with Gasteiger partial charge in [0.05, 0.1) is 23.0 Å². The molecule has 37 heavy (non-hydrogen) atoms. The van der Waals surface area contributed by atoms with E-state index in [0.717, 1.165) is 28.1 Å². The smallest absolute Gasteiger partial charge is 0.262 e. The number of aromatic nitrogens is 5. The van der Waals surface area contributed by atoms with E-state index in [1.165, 1.54) is 15.1 Å². The third-order valence-corrected chi connectivity index (χ3v) is 9.02. The number of Topliss-reactive ketones (excluding diaryl/α,β-unsaturated/α-hetero) is 1. The van der Waals surface area contributed by atoms with Crippen molar-refractivity contribution >= 4 is 21.9 Å². The number of sulfonamides is 1. The van der Waals surface area contributed by atoms with Crippen LogP contribution < -0.4 is 0 Å². The zero-order valence-electron chi connectivity index (χ0n) is 20.6. The van der Waals surface area contributed by atoms with Crippen molar-refractivity contribution < 1.29 is 13.2 Å². The molecule has 1 fully saturated rings. The molecule has 10 heteroatoms. The Kier molecular flexibility index (Phi) is 5.46. The number of pyridine rings is 1. The summed E-state index contributed by atoms with van der Waals surface area (Å²) in [6, 6.07) is 14.8. The van der Waals surface area contributed by atoms with E-state index in [0.29, 0.717) is 18.5 Å². The first-order valence-electron chi connectivity index (χ1n) is 12.1. The summed E-state index contributed by atoms with van der Waals surface area (Å²) in [7, 11) is -2.21.